The van der Waals surface area contributed by atoms with E-state index in [0.717, 1.165) is 22.2 Å². The van der Waals surface area contributed by atoms with E-state index in [1.807, 2.05) is 12.1 Å². The first-order valence-corrected chi connectivity index (χ1v) is 12.8. The summed E-state index contributed by atoms with van der Waals surface area (Å²) in [5.41, 5.74) is 1.76. The lowest BCUT2D eigenvalue weighted by atomic mass is 10.1. The molecule has 1 saturated heterocycles. The number of imide groups is 1. The highest BCUT2D eigenvalue weighted by molar-refractivity contribution is 9.11. The molecular weight excluding hydrogens is 624 g/mol. The highest BCUT2D eigenvalue weighted by atomic mass is 79.9. The van der Waals surface area contributed by atoms with Crippen molar-refractivity contribution in [2.75, 3.05) is 0 Å². The monoisotopic (exact) mass is 636 g/mol. The number of nitro benzene ring substituents is 1. The zero-order valence-corrected chi connectivity index (χ0v) is 22.5. The molecule has 1 heterocycles. The third-order valence-electron chi connectivity index (χ3n) is 5.01. The van der Waals surface area contributed by atoms with Crippen molar-refractivity contribution in [3.63, 3.8) is 0 Å². The lowest BCUT2D eigenvalue weighted by Crippen LogP contribution is -2.27. The molecule has 178 valence electrons. The molecule has 4 rings (SSSR count). The third kappa shape index (κ3) is 5.95. The quantitative estimate of drug-likeness (QED) is 0.151. The van der Waals surface area contributed by atoms with Gasteiger partial charge in [0.15, 0.2) is 0 Å². The van der Waals surface area contributed by atoms with Gasteiger partial charge in [-0.25, -0.2) is 0 Å². The molecule has 0 saturated carbocycles. The van der Waals surface area contributed by atoms with E-state index in [2.05, 4.69) is 31.9 Å². The second-order valence-corrected chi connectivity index (χ2v) is 10.5. The minimum atomic E-state index is -0.532. The van der Waals surface area contributed by atoms with Gasteiger partial charge in [0.2, 0.25) is 0 Å². The van der Waals surface area contributed by atoms with Gasteiger partial charge in [-0.1, -0.05) is 41.9 Å². The van der Waals surface area contributed by atoms with E-state index in [9.17, 15) is 19.7 Å². The van der Waals surface area contributed by atoms with E-state index < -0.39 is 16.1 Å². The fraction of sp³-hybridized carbons (Fsp3) is 0.0833. The maximum Gasteiger partial charge on any atom is 0.293 e. The number of ether oxygens (including phenoxy) is 1. The van der Waals surface area contributed by atoms with Crippen molar-refractivity contribution in [3.8, 4) is 5.75 Å². The molecule has 35 heavy (non-hydrogen) atoms. The van der Waals surface area contributed by atoms with Crippen molar-refractivity contribution in [2.45, 2.75) is 13.2 Å². The minimum absolute atomic E-state index is 0.141. The Morgan fingerprint density at radius 2 is 1.71 bits per heavy atom. The summed E-state index contributed by atoms with van der Waals surface area (Å²) in [5, 5.41) is 11.4. The van der Waals surface area contributed by atoms with Crippen LogP contribution in [0.15, 0.2) is 74.5 Å². The zero-order chi connectivity index (χ0) is 25.1. The Bertz CT molecular complexity index is 1340. The average Bonchev–Trinajstić information content (AvgIpc) is 3.07. The molecule has 0 atom stereocenters. The summed E-state index contributed by atoms with van der Waals surface area (Å²) in [6, 6.07) is 16.9. The first-order chi connectivity index (χ1) is 16.7. The van der Waals surface area contributed by atoms with Crippen molar-refractivity contribution in [1.82, 2.24) is 4.90 Å². The topological polar surface area (TPSA) is 89.8 Å². The summed E-state index contributed by atoms with van der Waals surface area (Å²) in [5.74, 6) is 0.0788. The Morgan fingerprint density at radius 1 is 1.06 bits per heavy atom. The van der Waals surface area contributed by atoms with Crippen LogP contribution in [0.1, 0.15) is 16.7 Å². The molecule has 1 fully saturated rings. The highest BCUT2D eigenvalue weighted by Crippen LogP contribution is 2.38. The number of para-hydroxylation sites is 1. The Balaban J connectivity index is 1.51. The molecule has 1 aliphatic heterocycles. The molecule has 0 aromatic heterocycles. The van der Waals surface area contributed by atoms with Gasteiger partial charge in [-0.3, -0.25) is 24.6 Å². The lowest BCUT2D eigenvalue weighted by molar-refractivity contribution is -0.385. The number of amides is 2. The van der Waals surface area contributed by atoms with E-state index >= 15 is 0 Å². The number of thioether (sulfide) groups is 1. The summed E-state index contributed by atoms with van der Waals surface area (Å²) in [4.78, 5) is 37.4. The molecule has 7 nitrogen and oxygen atoms in total. The van der Waals surface area contributed by atoms with Gasteiger partial charge in [-0.2, -0.15) is 0 Å². The molecule has 0 spiro atoms. The second-order valence-electron chi connectivity index (χ2n) is 7.38. The number of benzene rings is 3. The van der Waals surface area contributed by atoms with Crippen molar-refractivity contribution in [1.29, 1.82) is 0 Å². The van der Waals surface area contributed by atoms with Gasteiger partial charge in [-0.15, -0.1) is 0 Å². The molecule has 0 radical (unpaired) electrons. The average molecular weight is 639 g/mol. The Labute approximate surface area is 226 Å². The zero-order valence-electron chi connectivity index (χ0n) is 17.7. The number of halogens is 3. The number of hydrogen-bond donors (Lipinski definition) is 0. The van der Waals surface area contributed by atoms with Crippen LogP contribution in [-0.4, -0.2) is 21.0 Å². The standard InChI is InChI=1S/C24H15Br2ClN2O5S/c25-18-9-15(10-19(26)22(18)34-13-14-5-7-17(27)8-6-14)11-21-23(30)28(24(31)35-21)12-16-3-1-2-4-20(16)29(32)33/h1-11H,12-13H2/b21-11+. The first kappa shape index (κ1) is 25.4. The molecule has 0 N–H and O–H groups in total. The molecule has 0 aliphatic carbocycles. The molecular formula is C24H15Br2ClN2O5S. The Morgan fingerprint density at radius 3 is 2.37 bits per heavy atom. The number of nitrogens with zero attached hydrogens (tertiary/aromatic N) is 2. The summed E-state index contributed by atoms with van der Waals surface area (Å²) >= 11 is 13.7. The van der Waals surface area contributed by atoms with Crippen molar-refractivity contribution in [3.05, 3.63) is 106 Å². The highest BCUT2D eigenvalue weighted by Gasteiger charge is 2.36. The van der Waals surface area contributed by atoms with Crippen LogP contribution in [0.3, 0.4) is 0 Å². The number of rotatable bonds is 7. The normalized spacial score (nSPS) is 14.6. The van der Waals surface area contributed by atoms with E-state index in [-0.39, 0.29) is 22.7 Å². The summed E-state index contributed by atoms with van der Waals surface area (Å²) in [7, 11) is 0. The lowest BCUT2D eigenvalue weighted by Gasteiger charge is -2.13. The Kier molecular flexibility index (Phi) is 7.95. The van der Waals surface area contributed by atoms with Crippen LogP contribution in [0.25, 0.3) is 6.08 Å². The molecule has 11 heteroatoms. The van der Waals surface area contributed by atoms with Crippen molar-refractivity contribution < 1.29 is 19.2 Å². The molecule has 3 aromatic rings. The van der Waals surface area contributed by atoms with Crippen LogP contribution in [0.2, 0.25) is 5.02 Å². The van der Waals surface area contributed by atoms with E-state index in [1.165, 1.54) is 18.2 Å². The molecule has 0 unspecified atom stereocenters. The Hall–Kier alpha value is -2.66. The van der Waals surface area contributed by atoms with Crippen LogP contribution >= 0.6 is 55.2 Å². The fourth-order valence-electron chi connectivity index (χ4n) is 3.32. The predicted molar refractivity (Wildman–Crippen MR) is 142 cm³/mol. The van der Waals surface area contributed by atoms with Gasteiger partial charge in [0.1, 0.15) is 12.4 Å². The van der Waals surface area contributed by atoms with E-state index in [0.29, 0.717) is 31.9 Å². The van der Waals surface area contributed by atoms with Gasteiger partial charge in [-0.05, 0) is 85.1 Å². The van der Waals surface area contributed by atoms with Gasteiger partial charge < -0.3 is 4.74 Å². The number of carbonyl (C=O) groups excluding carboxylic acids is 2. The van der Waals surface area contributed by atoms with Gasteiger partial charge in [0.05, 0.1) is 25.3 Å². The van der Waals surface area contributed by atoms with Crippen LogP contribution in [0.4, 0.5) is 10.5 Å². The van der Waals surface area contributed by atoms with Gasteiger partial charge in [0.25, 0.3) is 16.8 Å². The summed E-state index contributed by atoms with van der Waals surface area (Å²) in [6.07, 6.45) is 1.60. The minimum Gasteiger partial charge on any atom is -0.487 e. The third-order valence-corrected chi connectivity index (χ3v) is 7.34. The van der Waals surface area contributed by atoms with Crippen molar-refractivity contribution >= 4 is 78.1 Å². The van der Waals surface area contributed by atoms with Gasteiger partial charge in [0, 0.05) is 16.7 Å². The van der Waals surface area contributed by atoms with Crippen LogP contribution in [0, 0.1) is 10.1 Å². The van der Waals surface area contributed by atoms with Crippen molar-refractivity contribution in [2.24, 2.45) is 0 Å². The summed E-state index contributed by atoms with van der Waals surface area (Å²) in [6.45, 7) is 0.155. The largest absolute Gasteiger partial charge is 0.487 e. The molecule has 3 aromatic carbocycles. The predicted octanol–water partition coefficient (Wildman–Crippen LogP) is 7.59. The number of carbonyl (C=O) groups is 2. The first-order valence-electron chi connectivity index (χ1n) is 10.1. The van der Waals surface area contributed by atoms with E-state index in [1.54, 1.807) is 36.4 Å². The SMILES string of the molecule is O=C1S/C(=C/c2cc(Br)c(OCc3ccc(Cl)cc3)c(Br)c2)C(=O)N1Cc1ccccc1[N+](=O)[O-]. The van der Waals surface area contributed by atoms with Crippen LogP contribution in [-0.2, 0) is 17.9 Å². The smallest absolute Gasteiger partial charge is 0.293 e. The summed E-state index contributed by atoms with van der Waals surface area (Å²) < 4.78 is 7.24. The fourth-order valence-corrected chi connectivity index (χ4v) is 5.73. The maximum atomic E-state index is 12.9. The molecule has 0 bridgehead atoms. The van der Waals surface area contributed by atoms with Crippen LogP contribution in [0.5, 0.6) is 5.75 Å². The number of nitro groups is 1. The molecule has 2 amide bonds. The number of hydrogen-bond acceptors (Lipinski definition) is 6. The molecule has 1 aliphatic rings. The van der Waals surface area contributed by atoms with E-state index in [4.69, 9.17) is 16.3 Å². The maximum absolute atomic E-state index is 12.9. The van der Waals surface area contributed by atoms with Gasteiger partial charge >= 0.3 is 0 Å². The van der Waals surface area contributed by atoms with Crippen LogP contribution < -0.4 is 4.74 Å². The second kappa shape index (κ2) is 10.9.